The van der Waals surface area contributed by atoms with Gasteiger partial charge in [-0.3, -0.25) is 9.59 Å². The number of rotatable bonds is 7. The Hall–Kier alpha value is -2.08. The van der Waals surface area contributed by atoms with Gasteiger partial charge in [0.2, 0.25) is 0 Å². The number of methoxy groups -OCH3 is 2. The van der Waals surface area contributed by atoms with Crippen LogP contribution in [0.3, 0.4) is 0 Å². The van der Waals surface area contributed by atoms with Crippen molar-refractivity contribution >= 4 is 11.8 Å². The van der Waals surface area contributed by atoms with E-state index in [4.69, 9.17) is 14.6 Å². The van der Waals surface area contributed by atoms with Crippen molar-refractivity contribution in [3.63, 3.8) is 0 Å². The van der Waals surface area contributed by atoms with Crippen LogP contribution in [0.25, 0.3) is 0 Å². The number of nitrogens with zero attached hydrogens (tertiary/aromatic N) is 1. The molecule has 1 heterocycles. The van der Waals surface area contributed by atoms with E-state index in [1.807, 2.05) is 0 Å². The minimum atomic E-state index is -0.721. The molecule has 0 saturated carbocycles. The van der Waals surface area contributed by atoms with Crippen LogP contribution in [0, 0.1) is 5.92 Å². The van der Waals surface area contributed by atoms with Crippen LogP contribution in [0.15, 0.2) is 18.2 Å². The lowest BCUT2D eigenvalue weighted by Crippen LogP contribution is -2.37. The fraction of sp³-hybridized carbons (Fsp3) is 0.529. The summed E-state index contributed by atoms with van der Waals surface area (Å²) in [4.78, 5) is 25.5. The molecule has 0 spiro atoms. The predicted molar refractivity (Wildman–Crippen MR) is 85.3 cm³/mol. The van der Waals surface area contributed by atoms with E-state index in [2.05, 4.69) is 4.90 Å². The van der Waals surface area contributed by atoms with Crippen LogP contribution in [-0.4, -0.2) is 55.6 Å². The van der Waals surface area contributed by atoms with Crippen molar-refractivity contribution in [1.29, 1.82) is 0 Å². The molecule has 0 radical (unpaired) electrons. The van der Waals surface area contributed by atoms with E-state index >= 15 is 0 Å². The Bertz CT molecular complexity index is 564. The van der Waals surface area contributed by atoms with Gasteiger partial charge in [-0.2, -0.15) is 0 Å². The molecule has 1 aliphatic rings. The Kier molecular flexibility index (Phi) is 5.98. The number of carboxylic acids is 1. The average molecular weight is 321 g/mol. The van der Waals surface area contributed by atoms with Crippen molar-refractivity contribution in [2.24, 2.45) is 5.92 Å². The molecule has 6 nitrogen and oxygen atoms in total. The first-order chi connectivity index (χ1) is 11.0. The quantitative estimate of drug-likeness (QED) is 0.775. The summed E-state index contributed by atoms with van der Waals surface area (Å²) in [6.45, 7) is 2.07. The molecule has 0 aliphatic carbocycles. The molecule has 0 atom stereocenters. The first kappa shape index (κ1) is 17.3. The SMILES string of the molecule is COc1ccc(OC)c(C(=O)CCN2CCC(C(=O)O)CC2)c1. The molecule has 0 unspecified atom stereocenters. The summed E-state index contributed by atoms with van der Waals surface area (Å²) in [5, 5.41) is 9.00. The molecule has 0 aromatic heterocycles. The number of hydrogen-bond acceptors (Lipinski definition) is 5. The fourth-order valence-corrected chi connectivity index (χ4v) is 2.83. The van der Waals surface area contributed by atoms with Crippen molar-refractivity contribution < 1.29 is 24.2 Å². The molecular weight excluding hydrogens is 298 g/mol. The minimum Gasteiger partial charge on any atom is -0.497 e. The van der Waals surface area contributed by atoms with Crippen molar-refractivity contribution in [2.45, 2.75) is 19.3 Å². The Labute approximate surface area is 136 Å². The topological polar surface area (TPSA) is 76.1 Å². The van der Waals surface area contributed by atoms with Gasteiger partial charge in [0.25, 0.3) is 0 Å². The standard InChI is InChI=1S/C17H23NO5/c1-22-13-3-4-16(23-2)14(11-13)15(19)7-10-18-8-5-12(6-9-18)17(20)21/h3-4,11-12H,5-10H2,1-2H3,(H,20,21). The first-order valence-corrected chi connectivity index (χ1v) is 7.75. The van der Waals surface area contributed by atoms with E-state index < -0.39 is 5.97 Å². The Morgan fingerprint density at radius 3 is 2.48 bits per heavy atom. The highest BCUT2D eigenvalue weighted by Gasteiger charge is 2.24. The van der Waals surface area contributed by atoms with Gasteiger partial charge in [0, 0.05) is 13.0 Å². The maximum atomic E-state index is 12.5. The number of ketones is 1. The number of hydrogen-bond donors (Lipinski definition) is 1. The number of likely N-dealkylation sites (tertiary alicyclic amines) is 1. The monoisotopic (exact) mass is 321 g/mol. The van der Waals surface area contributed by atoms with Gasteiger partial charge in [0.15, 0.2) is 5.78 Å². The lowest BCUT2D eigenvalue weighted by Gasteiger charge is -2.29. The minimum absolute atomic E-state index is 0.00103. The number of carboxylic acid groups (broad SMARTS) is 1. The van der Waals surface area contributed by atoms with Crippen LogP contribution in [0.2, 0.25) is 0 Å². The molecule has 1 fully saturated rings. The van der Waals surface area contributed by atoms with Gasteiger partial charge in [-0.25, -0.2) is 0 Å². The highest BCUT2D eigenvalue weighted by molar-refractivity contribution is 5.99. The third-order valence-electron chi connectivity index (χ3n) is 4.30. The normalized spacial score (nSPS) is 16.1. The summed E-state index contributed by atoms with van der Waals surface area (Å²) in [7, 11) is 3.10. The van der Waals surface area contributed by atoms with Gasteiger partial charge in [-0.05, 0) is 44.1 Å². The summed E-state index contributed by atoms with van der Waals surface area (Å²) in [6.07, 6.45) is 1.67. The van der Waals surface area contributed by atoms with E-state index in [0.717, 1.165) is 13.1 Å². The predicted octanol–water partition coefficient (Wildman–Crippen LogP) is 2.07. The van der Waals surface area contributed by atoms with Crippen molar-refractivity contribution in [2.75, 3.05) is 33.9 Å². The Morgan fingerprint density at radius 1 is 1.22 bits per heavy atom. The van der Waals surface area contributed by atoms with Crippen LogP contribution >= 0.6 is 0 Å². The van der Waals surface area contributed by atoms with Crippen LogP contribution in [0.5, 0.6) is 11.5 Å². The van der Waals surface area contributed by atoms with Gasteiger partial charge in [-0.15, -0.1) is 0 Å². The summed E-state index contributed by atoms with van der Waals surface area (Å²) in [5.41, 5.74) is 0.521. The molecular formula is C17H23NO5. The van der Waals surface area contributed by atoms with E-state index in [9.17, 15) is 9.59 Å². The van der Waals surface area contributed by atoms with Gasteiger partial charge < -0.3 is 19.5 Å². The fourth-order valence-electron chi connectivity index (χ4n) is 2.83. The van der Waals surface area contributed by atoms with Crippen molar-refractivity contribution in [3.8, 4) is 11.5 Å². The second-order valence-corrected chi connectivity index (χ2v) is 5.69. The summed E-state index contributed by atoms with van der Waals surface area (Å²) in [6, 6.07) is 5.18. The number of Topliss-reactive ketones (excluding diaryl/α,β-unsaturated/α-hetero) is 1. The van der Waals surface area contributed by atoms with Crippen LogP contribution in [-0.2, 0) is 4.79 Å². The third-order valence-corrected chi connectivity index (χ3v) is 4.30. The van der Waals surface area contributed by atoms with E-state index in [1.165, 1.54) is 7.11 Å². The van der Waals surface area contributed by atoms with E-state index in [1.54, 1.807) is 25.3 Å². The molecule has 23 heavy (non-hydrogen) atoms. The summed E-state index contributed by atoms with van der Waals surface area (Å²) in [5.74, 6) is 0.195. The maximum Gasteiger partial charge on any atom is 0.306 e. The lowest BCUT2D eigenvalue weighted by atomic mass is 9.97. The third kappa shape index (κ3) is 4.45. The van der Waals surface area contributed by atoms with Gasteiger partial charge >= 0.3 is 5.97 Å². The molecule has 1 saturated heterocycles. The molecule has 1 aromatic rings. The molecule has 0 bridgehead atoms. The maximum absolute atomic E-state index is 12.5. The highest BCUT2D eigenvalue weighted by atomic mass is 16.5. The number of carbonyl (C=O) groups is 2. The zero-order valence-electron chi connectivity index (χ0n) is 13.6. The first-order valence-electron chi connectivity index (χ1n) is 7.75. The van der Waals surface area contributed by atoms with Crippen molar-refractivity contribution in [3.05, 3.63) is 23.8 Å². The van der Waals surface area contributed by atoms with Gasteiger partial charge in [0.05, 0.1) is 25.7 Å². The van der Waals surface area contributed by atoms with Gasteiger partial charge in [-0.1, -0.05) is 0 Å². The molecule has 1 aromatic carbocycles. The Balaban J connectivity index is 1.91. The molecule has 126 valence electrons. The Morgan fingerprint density at radius 2 is 1.91 bits per heavy atom. The zero-order chi connectivity index (χ0) is 16.8. The largest absolute Gasteiger partial charge is 0.497 e. The summed E-state index contributed by atoms with van der Waals surface area (Å²) < 4.78 is 10.4. The average Bonchev–Trinajstić information content (AvgIpc) is 2.59. The second-order valence-electron chi connectivity index (χ2n) is 5.69. The lowest BCUT2D eigenvalue weighted by molar-refractivity contribution is -0.143. The number of ether oxygens (including phenoxy) is 2. The van der Waals surface area contributed by atoms with Crippen LogP contribution in [0.4, 0.5) is 0 Å². The second kappa shape index (κ2) is 7.97. The highest BCUT2D eigenvalue weighted by Crippen LogP contribution is 2.25. The summed E-state index contributed by atoms with van der Waals surface area (Å²) >= 11 is 0. The number of benzene rings is 1. The zero-order valence-corrected chi connectivity index (χ0v) is 13.6. The smallest absolute Gasteiger partial charge is 0.306 e. The molecule has 6 heteroatoms. The van der Waals surface area contributed by atoms with Gasteiger partial charge in [0.1, 0.15) is 11.5 Å². The van der Waals surface area contributed by atoms with E-state index in [-0.39, 0.29) is 11.7 Å². The molecule has 1 aliphatic heterocycles. The van der Waals surface area contributed by atoms with E-state index in [0.29, 0.717) is 42.9 Å². The molecule has 0 amide bonds. The number of piperidine rings is 1. The number of aliphatic carboxylic acids is 1. The molecule has 1 N–H and O–H groups in total. The van der Waals surface area contributed by atoms with Crippen LogP contribution in [0.1, 0.15) is 29.6 Å². The number of carbonyl (C=O) groups excluding carboxylic acids is 1. The van der Waals surface area contributed by atoms with Crippen molar-refractivity contribution in [1.82, 2.24) is 4.90 Å². The van der Waals surface area contributed by atoms with Crippen LogP contribution < -0.4 is 9.47 Å². The molecule has 2 rings (SSSR count).